The minimum absolute atomic E-state index is 0.0103. The number of nitrogens with one attached hydrogen (secondary N) is 1. The number of aromatic nitrogens is 2. The quantitative estimate of drug-likeness (QED) is 0.787. The minimum atomic E-state index is -0.982. The number of carbonyl (C=O) groups excluding carboxylic acids is 1. The maximum absolute atomic E-state index is 11.4. The molecule has 1 aromatic rings. The Kier molecular flexibility index (Phi) is 3.76. The lowest BCUT2D eigenvalue weighted by molar-refractivity contribution is -0.146. The van der Waals surface area contributed by atoms with E-state index in [0.29, 0.717) is 11.7 Å². The SMILES string of the molecule is CC(C)(C)c1nc(CN2CC(=O)NCC2C(=O)O)no1. The summed E-state index contributed by atoms with van der Waals surface area (Å²) in [5.41, 5.74) is -0.267. The van der Waals surface area contributed by atoms with Crippen molar-refractivity contribution in [3.05, 3.63) is 11.7 Å². The fourth-order valence-electron chi connectivity index (χ4n) is 1.90. The largest absolute Gasteiger partial charge is 0.480 e. The van der Waals surface area contributed by atoms with Crippen molar-refractivity contribution < 1.29 is 19.2 Å². The van der Waals surface area contributed by atoms with Gasteiger partial charge in [-0.1, -0.05) is 25.9 Å². The fourth-order valence-corrected chi connectivity index (χ4v) is 1.90. The number of carbonyl (C=O) groups is 2. The first-order chi connectivity index (χ1) is 9.27. The second-order valence-electron chi connectivity index (χ2n) is 5.83. The molecule has 0 aromatic carbocycles. The normalized spacial score (nSPS) is 20.8. The van der Waals surface area contributed by atoms with E-state index in [0.717, 1.165) is 0 Å². The number of piperazine rings is 1. The summed E-state index contributed by atoms with van der Waals surface area (Å²) in [6, 6.07) is -0.774. The van der Waals surface area contributed by atoms with Gasteiger partial charge in [-0.05, 0) is 0 Å². The molecule has 1 atom stereocenters. The summed E-state index contributed by atoms with van der Waals surface area (Å²) in [5.74, 6) is -0.316. The summed E-state index contributed by atoms with van der Waals surface area (Å²) in [6.45, 7) is 6.09. The standard InChI is InChI=1S/C12H18N4O4/c1-12(2,3)11-14-8(15-20-11)5-16-6-9(17)13-4-7(16)10(18)19/h7H,4-6H2,1-3H3,(H,13,17)(H,18,19). The van der Waals surface area contributed by atoms with Gasteiger partial charge in [0.2, 0.25) is 11.8 Å². The Balaban J connectivity index is 2.12. The molecule has 0 bridgehead atoms. The average molecular weight is 282 g/mol. The van der Waals surface area contributed by atoms with Gasteiger partial charge in [0.15, 0.2) is 5.82 Å². The molecule has 1 aromatic heterocycles. The molecule has 1 unspecified atom stereocenters. The van der Waals surface area contributed by atoms with E-state index in [-0.39, 0.29) is 31.0 Å². The van der Waals surface area contributed by atoms with Crippen LogP contribution in [0.5, 0.6) is 0 Å². The number of amides is 1. The van der Waals surface area contributed by atoms with Crippen molar-refractivity contribution in [2.24, 2.45) is 0 Å². The Morgan fingerprint density at radius 3 is 2.80 bits per heavy atom. The number of aliphatic carboxylic acids is 1. The lowest BCUT2D eigenvalue weighted by atomic mass is 9.97. The van der Waals surface area contributed by atoms with Crippen molar-refractivity contribution in [2.45, 2.75) is 38.8 Å². The van der Waals surface area contributed by atoms with E-state index in [1.54, 1.807) is 0 Å². The Morgan fingerprint density at radius 1 is 1.55 bits per heavy atom. The predicted octanol–water partition coefficient (Wildman–Crippen LogP) is -0.248. The third-order valence-corrected chi connectivity index (χ3v) is 3.02. The summed E-state index contributed by atoms with van der Waals surface area (Å²) in [4.78, 5) is 28.3. The molecule has 2 N–H and O–H groups in total. The minimum Gasteiger partial charge on any atom is -0.480 e. The molecule has 1 aliphatic rings. The third-order valence-electron chi connectivity index (χ3n) is 3.02. The van der Waals surface area contributed by atoms with Crippen LogP contribution in [0.1, 0.15) is 32.5 Å². The maximum Gasteiger partial charge on any atom is 0.322 e. The first-order valence-corrected chi connectivity index (χ1v) is 6.34. The van der Waals surface area contributed by atoms with E-state index in [4.69, 9.17) is 9.63 Å². The molecule has 1 fully saturated rings. The van der Waals surface area contributed by atoms with Gasteiger partial charge in [0.1, 0.15) is 6.04 Å². The van der Waals surface area contributed by atoms with Crippen molar-refractivity contribution in [1.82, 2.24) is 20.4 Å². The number of carboxylic acids is 1. The summed E-state index contributed by atoms with van der Waals surface area (Å²) in [6.07, 6.45) is 0. The molecule has 8 heteroatoms. The molecular weight excluding hydrogens is 264 g/mol. The Hall–Kier alpha value is -1.96. The van der Waals surface area contributed by atoms with E-state index < -0.39 is 12.0 Å². The highest BCUT2D eigenvalue weighted by molar-refractivity contribution is 5.83. The van der Waals surface area contributed by atoms with Gasteiger partial charge in [-0.25, -0.2) is 0 Å². The molecule has 0 spiro atoms. The zero-order valence-electron chi connectivity index (χ0n) is 11.7. The molecule has 0 aliphatic carbocycles. The van der Waals surface area contributed by atoms with Gasteiger partial charge in [-0.3, -0.25) is 14.5 Å². The van der Waals surface area contributed by atoms with Gasteiger partial charge in [0.05, 0.1) is 13.1 Å². The third kappa shape index (κ3) is 3.13. The molecule has 1 saturated heterocycles. The number of carboxylic acid groups (broad SMARTS) is 1. The van der Waals surface area contributed by atoms with Gasteiger partial charge in [0.25, 0.3) is 0 Å². The van der Waals surface area contributed by atoms with Crippen LogP contribution in [-0.4, -0.2) is 51.2 Å². The van der Waals surface area contributed by atoms with Crippen molar-refractivity contribution in [1.29, 1.82) is 0 Å². The van der Waals surface area contributed by atoms with E-state index in [9.17, 15) is 9.59 Å². The Bertz CT molecular complexity index is 520. The lowest BCUT2D eigenvalue weighted by Gasteiger charge is -2.31. The smallest absolute Gasteiger partial charge is 0.322 e. The molecule has 110 valence electrons. The van der Waals surface area contributed by atoms with Crippen molar-refractivity contribution >= 4 is 11.9 Å². The van der Waals surface area contributed by atoms with Gasteiger partial charge >= 0.3 is 5.97 Å². The second-order valence-corrected chi connectivity index (χ2v) is 5.83. The van der Waals surface area contributed by atoms with Crippen LogP contribution in [0, 0.1) is 0 Å². The van der Waals surface area contributed by atoms with Crippen LogP contribution in [0.2, 0.25) is 0 Å². The number of hydrogen-bond donors (Lipinski definition) is 2. The maximum atomic E-state index is 11.4. The van der Waals surface area contributed by atoms with Crippen molar-refractivity contribution in [3.63, 3.8) is 0 Å². The number of hydrogen-bond acceptors (Lipinski definition) is 6. The van der Waals surface area contributed by atoms with Gasteiger partial charge in [0, 0.05) is 12.0 Å². The number of nitrogens with zero attached hydrogens (tertiary/aromatic N) is 3. The molecule has 20 heavy (non-hydrogen) atoms. The van der Waals surface area contributed by atoms with Crippen LogP contribution in [0.15, 0.2) is 4.52 Å². The lowest BCUT2D eigenvalue weighted by Crippen LogP contribution is -2.57. The van der Waals surface area contributed by atoms with Crippen LogP contribution in [0.3, 0.4) is 0 Å². The topological polar surface area (TPSA) is 109 Å². The van der Waals surface area contributed by atoms with Crippen molar-refractivity contribution in [3.8, 4) is 0 Å². The number of rotatable bonds is 3. The van der Waals surface area contributed by atoms with E-state index in [1.807, 2.05) is 20.8 Å². The van der Waals surface area contributed by atoms with Gasteiger partial charge < -0.3 is 14.9 Å². The summed E-state index contributed by atoms with van der Waals surface area (Å²) < 4.78 is 5.16. The molecule has 0 radical (unpaired) electrons. The molecule has 1 amide bonds. The highest BCUT2D eigenvalue weighted by atomic mass is 16.5. The average Bonchev–Trinajstić information content (AvgIpc) is 2.76. The van der Waals surface area contributed by atoms with E-state index in [2.05, 4.69) is 15.5 Å². The highest BCUT2D eigenvalue weighted by Gasteiger charge is 2.33. The second kappa shape index (κ2) is 5.20. The Labute approximate surface area is 116 Å². The summed E-state index contributed by atoms with van der Waals surface area (Å²) in [5, 5.41) is 15.5. The van der Waals surface area contributed by atoms with E-state index >= 15 is 0 Å². The molecule has 8 nitrogen and oxygen atoms in total. The van der Waals surface area contributed by atoms with Crippen molar-refractivity contribution in [2.75, 3.05) is 13.1 Å². The molecule has 2 heterocycles. The summed E-state index contributed by atoms with van der Waals surface area (Å²) >= 11 is 0. The fraction of sp³-hybridized carbons (Fsp3) is 0.667. The molecule has 2 rings (SSSR count). The highest BCUT2D eigenvalue weighted by Crippen LogP contribution is 2.20. The van der Waals surface area contributed by atoms with Crippen LogP contribution < -0.4 is 5.32 Å². The zero-order valence-corrected chi connectivity index (χ0v) is 11.7. The van der Waals surface area contributed by atoms with Crippen LogP contribution in [-0.2, 0) is 21.5 Å². The van der Waals surface area contributed by atoms with Crippen LogP contribution in [0.25, 0.3) is 0 Å². The van der Waals surface area contributed by atoms with E-state index in [1.165, 1.54) is 4.90 Å². The molecule has 1 aliphatic heterocycles. The molecular formula is C12H18N4O4. The molecule has 0 saturated carbocycles. The Morgan fingerprint density at radius 2 is 2.25 bits per heavy atom. The predicted molar refractivity (Wildman–Crippen MR) is 67.8 cm³/mol. The first kappa shape index (κ1) is 14.4. The summed E-state index contributed by atoms with van der Waals surface area (Å²) in [7, 11) is 0. The van der Waals surface area contributed by atoms with Gasteiger partial charge in [-0.2, -0.15) is 4.98 Å². The van der Waals surface area contributed by atoms with Gasteiger partial charge in [-0.15, -0.1) is 0 Å². The zero-order chi connectivity index (χ0) is 14.9. The monoisotopic (exact) mass is 282 g/mol. The van der Waals surface area contributed by atoms with Crippen LogP contribution >= 0.6 is 0 Å². The first-order valence-electron chi connectivity index (χ1n) is 6.34. The van der Waals surface area contributed by atoms with Crippen LogP contribution in [0.4, 0.5) is 0 Å².